The Bertz CT molecular complexity index is 375. The highest BCUT2D eigenvalue weighted by atomic mass is 16.5. The van der Waals surface area contributed by atoms with Crippen molar-refractivity contribution in [2.24, 2.45) is 11.7 Å². The highest BCUT2D eigenvalue weighted by Crippen LogP contribution is 2.27. The molecule has 1 aromatic carbocycles. The molecule has 0 aromatic heterocycles. The van der Waals surface area contributed by atoms with Crippen LogP contribution in [0.5, 0.6) is 5.75 Å². The predicted molar refractivity (Wildman–Crippen MR) is 71.3 cm³/mol. The fourth-order valence-electron chi connectivity index (χ4n) is 2.62. The van der Waals surface area contributed by atoms with Crippen LogP contribution < -0.4 is 10.5 Å². The quantitative estimate of drug-likeness (QED) is 0.866. The molecule has 0 saturated heterocycles. The average molecular weight is 233 g/mol. The Morgan fingerprint density at radius 2 is 2.12 bits per heavy atom. The van der Waals surface area contributed by atoms with Gasteiger partial charge in [-0.2, -0.15) is 0 Å². The van der Waals surface area contributed by atoms with E-state index in [-0.39, 0.29) is 0 Å². The zero-order valence-electron chi connectivity index (χ0n) is 10.9. The van der Waals surface area contributed by atoms with Crippen molar-refractivity contribution in [2.45, 2.75) is 45.6 Å². The summed E-state index contributed by atoms with van der Waals surface area (Å²) in [6.45, 7) is 5.03. The van der Waals surface area contributed by atoms with Crippen LogP contribution in [0.4, 0.5) is 0 Å². The summed E-state index contributed by atoms with van der Waals surface area (Å²) in [5, 5.41) is 0. The highest BCUT2D eigenvalue weighted by molar-refractivity contribution is 5.38. The molecule has 0 radical (unpaired) electrons. The summed E-state index contributed by atoms with van der Waals surface area (Å²) < 4.78 is 5.87. The van der Waals surface area contributed by atoms with Crippen LogP contribution in [-0.4, -0.2) is 12.6 Å². The lowest BCUT2D eigenvalue weighted by Gasteiger charge is -2.16. The van der Waals surface area contributed by atoms with Crippen LogP contribution in [-0.2, 0) is 0 Å². The molecule has 1 saturated carbocycles. The molecule has 0 amide bonds. The van der Waals surface area contributed by atoms with Gasteiger partial charge in [0.05, 0.1) is 6.61 Å². The number of ether oxygens (including phenoxy) is 1. The summed E-state index contributed by atoms with van der Waals surface area (Å²) >= 11 is 0. The minimum atomic E-state index is 0.400. The van der Waals surface area contributed by atoms with Crippen LogP contribution >= 0.6 is 0 Å². The third-order valence-electron chi connectivity index (χ3n) is 4.02. The zero-order chi connectivity index (χ0) is 12.3. The molecule has 2 heteroatoms. The molecule has 1 fully saturated rings. The minimum absolute atomic E-state index is 0.400. The summed E-state index contributed by atoms with van der Waals surface area (Å²) in [6.07, 6.45) is 4.84. The van der Waals surface area contributed by atoms with Crippen LogP contribution in [0.3, 0.4) is 0 Å². The van der Waals surface area contributed by atoms with Crippen LogP contribution in [0.1, 0.15) is 36.8 Å². The van der Waals surface area contributed by atoms with E-state index in [2.05, 4.69) is 32.0 Å². The van der Waals surface area contributed by atoms with Gasteiger partial charge in [0.1, 0.15) is 5.75 Å². The zero-order valence-corrected chi connectivity index (χ0v) is 10.9. The Balaban J connectivity index is 1.84. The highest BCUT2D eigenvalue weighted by Gasteiger charge is 2.23. The summed E-state index contributed by atoms with van der Waals surface area (Å²) in [7, 11) is 0. The van der Waals surface area contributed by atoms with Crippen molar-refractivity contribution in [1.29, 1.82) is 0 Å². The number of hydrogen-bond acceptors (Lipinski definition) is 2. The Morgan fingerprint density at radius 3 is 2.82 bits per heavy atom. The molecule has 2 nitrogen and oxygen atoms in total. The van der Waals surface area contributed by atoms with Crippen LogP contribution in [0.2, 0.25) is 0 Å². The van der Waals surface area contributed by atoms with Crippen molar-refractivity contribution in [3.8, 4) is 5.75 Å². The van der Waals surface area contributed by atoms with E-state index in [1.807, 2.05) is 0 Å². The SMILES string of the molecule is Cc1cccc(OCCC2CCCC2N)c1C. The standard InChI is InChI=1S/C15H23NO/c1-11-5-3-8-15(12(11)2)17-10-9-13-6-4-7-14(13)16/h3,5,8,13-14H,4,6-7,9-10,16H2,1-2H3. The lowest BCUT2D eigenvalue weighted by Crippen LogP contribution is -2.25. The van der Waals surface area contributed by atoms with Crippen molar-refractivity contribution < 1.29 is 4.74 Å². The van der Waals surface area contributed by atoms with Crippen molar-refractivity contribution in [1.82, 2.24) is 0 Å². The van der Waals surface area contributed by atoms with Crippen LogP contribution in [0.25, 0.3) is 0 Å². The molecule has 0 heterocycles. The first-order valence-electron chi connectivity index (χ1n) is 6.63. The first-order valence-corrected chi connectivity index (χ1v) is 6.63. The van der Waals surface area contributed by atoms with Gasteiger partial charge in [0, 0.05) is 6.04 Å². The van der Waals surface area contributed by atoms with E-state index in [9.17, 15) is 0 Å². The van der Waals surface area contributed by atoms with Gasteiger partial charge in [0.25, 0.3) is 0 Å². The van der Waals surface area contributed by atoms with Crippen molar-refractivity contribution in [3.63, 3.8) is 0 Å². The van der Waals surface area contributed by atoms with E-state index in [4.69, 9.17) is 10.5 Å². The number of benzene rings is 1. The number of nitrogens with two attached hydrogens (primary N) is 1. The van der Waals surface area contributed by atoms with Crippen LogP contribution in [0.15, 0.2) is 18.2 Å². The fourth-order valence-corrected chi connectivity index (χ4v) is 2.62. The van der Waals surface area contributed by atoms with Gasteiger partial charge in [-0.3, -0.25) is 0 Å². The molecular formula is C15H23NO. The Labute approximate surface area is 104 Å². The van der Waals surface area contributed by atoms with Gasteiger partial charge in [0.2, 0.25) is 0 Å². The summed E-state index contributed by atoms with van der Waals surface area (Å²) in [5.74, 6) is 1.69. The molecule has 0 bridgehead atoms. The molecule has 2 N–H and O–H groups in total. The lowest BCUT2D eigenvalue weighted by molar-refractivity contribution is 0.269. The largest absolute Gasteiger partial charge is 0.493 e. The first-order chi connectivity index (χ1) is 8.18. The Hall–Kier alpha value is -1.02. The van der Waals surface area contributed by atoms with Crippen molar-refractivity contribution >= 4 is 0 Å². The molecule has 0 spiro atoms. The third kappa shape index (κ3) is 3.01. The maximum absolute atomic E-state index is 6.06. The smallest absolute Gasteiger partial charge is 0.122 e. The Kier molecular flexibility index (Phi) is 4.06. The van der Waals surface area contributed by atoms with Gasteiger partial charge in [-0.15, -0.1) is 0 Å². The van der Waals surface area contributed by atoms with E-state index >= 15 is 0 Å². The second-order valence-corrected chi connectivity index (χ2v) is 5.19. The van der Waals surface area contributed by atoms with Gasteiger partial charge in [-0.1, -0.05) is 18.6 Å². The fraction of sp³-hybridized carbons (Fsp3) is 0.600. The molecule has 2 rings (SSSR count). The van der Waals surface area contributed by atoms with E-state index in [0.29, 0.717) is 12.0 Å². The molecule has 1 aliphatic carbocycles. The second-order valence-electron chi connectivity index (χ2n) is 5.19. The topological polar surface area (TPSA) is 35.2 Å². The van der Waals surface area contributed by atoms with E-state index in [0.717, 1.165) is 18.8 Å². The summed E-state index contributed by atoms with van der Waals surface area (Å²) in [4.78, 5) is 0. The molecule has 1 aliphatic rings. The maximum Gasteiger partial charge on any atom is 0.122 e. The van der Waals surface area contributed by atoms with Gasteiger partial charge >= 0.3 is 0 Å². The average Bonchev–Trinajstić information content (AvgIpc) is 2.71. The molecular weight excluding hydrogens is 210 g/mol. The normalized spacial score (nSPS) is 23.9. The first kappa shape index (κ1) is 12.4. The minimum Gasteiger partial charge on any atom is -0.493 e. The van der Waals surface area contributed by atoms with Gasteiger partial charge in [-0.05, 0) is 56.2 Å². The molecule has 2 atom stereocenters. The second kappa shape index (κ2) is 5.54. The summed E-state index contributed by atoms with van der Waals surface area (Å²) in [5.41, 5.74) is 8.60. The molecule has 0 aliphatic heterocycles. The molecule has 2 unspecified atom stereocenters. The third-order valence-corrected chi connectivity index (χ3v) is 4.02. The monoisotopic (exact) mass is 233 g/mol. The number of hydrogen-bond donors (Lipinski definition) is 1. The molecule has 17 heavy (non-hydrogen) atoms. The predicted octanol–water partition coefficient (Wildman–Crippen LogP) is 3.20. The maximum atomic E-state index is 6.06. The lowest BCUT2D eigenvalue weighted by atomic mass is 10.0. The van der Waals surface area contributed by atoms with Gasteiger partial charge in [-0.25, -0.2) is 0 Å². The Morgan fingerprint density at radius 1 is 1.29 bits per heavy atom. The van der Waals surface area contributed by atoms with Gasteiger partial charge < -0.3 is 10.5 Å². The van der Waals surface area contributed by atoms with E-state index in [1.165, 1.54) is 30.4 Å². The van der Waals surface area contributed by atoms with Crippen molar-refractivity contribution in [2.75, 3.05) is 6.61 Å². The van der Waals surface area contributed by atoms with E-state index < -0.39 is 0 Å². The summed E-state index contributed by atoms with van der Waals surface area (Å²) in [6, 6.07) is 6.63. The van der Waals surface area contributed by atoms with Crippen LogP contribution in [0, 0.1) is 19.8 Å². The molecule has 94 valence electrons. The van der Waals surface area contributed by atoms with E-state index in [1.54, 1.807) is 0 Å². The van der Waals surface area contributed by atoms with Crippen molar-refractivity contribution in [3.05, 3.63) is 29.3 Å². The number of rotatable bonds is 4. The molecule has 1 aromatic rings. The number of aryl methyl sites for hydroxylation is 1. The van der Waals surface area contributed by atoms with Gasteiger partial charge in [0.15, 0.2) is 0 Å².